The van der Waals surface area contributed by atoms with E-state index < -0.39 is 30.0 Å². The van der Waals surface area contributed by atoms with Crippen LogP contribution in [-0.2, 0) is 16.1 Å². The third-order valence-electron chi connectivity index (χ3n) is 4.00. The molecule has 0 aliphatic carbocycles. The Kier molecular flexibility index (Phi) is 5.69. The molecule has 1 aromatic heterocycles. The lowest BCUT2D eigenvalue weighted by atomic mass is 9.86. The van der Waals surface area contributed by atoms with E-state index in [2.05, 4.69) is 0 Å². The van der Waals surface area contributed by atoms with Gasteiger partial charge in [-0.3, -0.25) is 4.79 Å². The normalized spacial score (nSPS) is 16.0. The van der Waals surface area contributed by atoms with Gasteiger partial charge in [0.15, 0.2) is 5.76 Å². The number of hydrogen-bond donors (Lipinski definition) is 2. The van der Waals surface area contributed by atoms with Crippen LogP contribution in [0.3, 0.4) is 0 Å². The highest BCUT2D eigenvalue weighted by Gasteiger charge is 2.40. The van der Waals surface area contributed by atoms with Crippen LogP contribution in [-0.4, -0.2) is 17.2 Å². The Balaban J connectivity index is 2.29. The number of halogens is 2. The van der Waals surface area contributed by atoms with Crippen LogP contribution >= 0.6 is 23.2 Å². The Bertz CT molecular complexity index is 1030. The lowest BCUT2D eigenvalue weighted by molar-refractivity contribution is -0.143. The standard InChI is InChI=1S/C19H17Cl2NO6/c1-8(2)26-19(25)15-14(11-4-3-9(20)5-12(11)21)17-16(28-18(15)22)13(24)6-10(7-23)27-17/h3-6,8,14,23H,7,22H2,1-2H3/t14-/m0/s1. The van der Waals surface area contributed by atoms with Crippen molar-refractivity contribution >= 4 is 29.2 Å². The molecule has 0 bridgehead atoms. The van der Waals surface area contributed by atoms with Gasteiger partial charge in [-0.25, -0.2) is 4.79 Å². The summed E-state index contributed by atoms with van der Waals surface area (Å²) in [6.07, 6.45) is -0.425. The summed E-state index contributed by atoms with van der Waals surface area (Å²) in [6, 6.07) is 5.74. The zero-order valence-electron chi connectivity index (χ0n) is 15.0. The summed E-state index contributed by atoms with van der Waals surface area (Å²) in [5.41, 5.74) is 5.76. The first kappa shape index (κ1) is 20.3. The number of esters is 1. The van der Waals surface area contributed by atoms with Crippen molar-refractivity contribution in [2.75, 3.05) is 0 Å². The number of fused-ring (bicyclic) bond motifs is 1. The van der Waals surface area contributed by atoms with Crippen molar-refractivity contribution in [3.05, 3.63) is 73.1 Å². The summed E-state index contributed by atoms with van der Waals surface area (Å²) in [6.45, 7) is 2.84. The van der Waals surface area contributed by atoms with Crippen molar-refractivity contribution in [2.45, 2.75) is 32.5 Å². The van der Waals surface area contributed by atoms with Gasteiger partial charge in [0.05, 0.1) is 12.0 Å². The van der Waals surface area contributed by atoms with Crippen molar-refractivity contribution in [3.63, 3.8) is 0 Å². The largest absolute Gasteiger partial charge is 0.459 e. The quantitative estimate of drug-likeness (QED) is 0.723. The maximum atomic E-state index is 12.8. The molecular weight excluding hydrogens is 409 g/mol. The third kappa shape index (κ3) is 3.73. The van der Waals surface area contributed by atoms with E-state index in [1.54, 1.807) is 26.0 Å². The molecule has 28 heavy (non-hydrogen) atoms. The van der Waals surface area contributed by atoms with Crippen LogP contribution < -0.4 is 15.9 Å². The Hall–Kier alpha value is -2.48. The molecule has 1 aliphatic heterocycles. The molecule has 3 N–H and O–H groups in total. The van der Waals surface area contributed by atoms with Crippen molar-refractivity contribution < 1.29 is 23.8 Å². The number of rotatable bonds is 4. The van der Waals surface area contributed by atoms with Crippen LogP contribution in [0.1, 0.15) is 36.8 Å². The minimum absolute atomic E-state index is 0.000477. The van der Waals surface area contributed by atoms with Gasteiger partial charge in [-0.1, -0.05) is 29.3 Å². The number of aliphatic hydroxyl groups excluding tert-OH is 1. The Morgan fingerprint density at radius 3 is 2.64 bits per heavy atom. The van der Waals surface area contributed by atoms with Crippen LogP contribution in [0, 0.1) is 0 Å². The van der Waals surface area contributed by atoms with E-state index in [4.69, 9.17) is 42.8 Å². The summed E-state index contributed by atoms with van der Waals surface area (Å²) in [5.74, 6) is -2.22. The van der Waals surface area contributed by atoms with Gasteiger partial charge in [0.2, 0.25) is 17.1 Å². The maximum absolute atomic E-state index is 12.8. The second-order valence-corrected chi connectivity index (χ2v) is 7.20. The van der Waals surface area contributed by atoms with Gasteiger partial charge >= 0.3 is 5.97 Å². The number of carbonyl (C=O) groups excluding carboxylic acids is 1. The Morgan fingerprint density at radius 1 is 1.32 bits per heavy atom. The average Bonchev–Trinajstić information content (AvgIpc) is 2.61. The number of hydrogen-bond acceptors (Lipinski definition) is 7. The van der Waals surface area contributed by atoms with E-state index in [1.807, 2.05) is 0 Å². The molecule has 3 rings (SSSR count). The Morgan fingerprint density at radius 2 is 2.04 bits per heavy atom. The highest BCUT2D eigenvalue weighted by atomic mass is 35.5. The highest BCUT2D eigenvalue weighted by molar-refractivity contribution is 6.35. The SMILES string of the molecule is CC(C)OC(=O)C1=C(N)Oc2c(oc(CO)cc2=O)[C@H]1c1ccc(Cl)cc1Cl. The fourth-order valence-electron chi connectivity index (χ4n) is 2.89. The summed E-state index contributed by atoms with van der Waals surface area (Å²) in [4.78, 5) is 25.2. The van der Waals surface area contributed by atoms with Gasteiger partial charge < -0.3 is 24.7 Å². The first-order valence-electron chi connectivity index (χ1n) is 8.34. The van der Waals surface area contributed by atoms with Gasteiger partial charge in [-0.2, -0.15) is 0 Å². The molecule has 1 atom stereocenters. The van der Waals surface area contributed by atoms with Crippen molar-refractivity contribution in [3.8, 4) is 5.75 Å². The summed E-state index contributed by atoms with van der Waals surface area (Å²) < 4.78 is 16.3. The zero-order valence-corrected chi connectivity index (χ0v) is 16.5. The molecule has 9 heteroatoms. The number of nitrogens with two attached hydrogens (primary N) is 1. The van der Waals surface area contributed by atoms with Crippen LogP contribution in [0.25, 0.3) is 0 Å². The molecule has 148 valence electrons. The van der Waals surface area contributed by atoms with E-state index >= 15 is 0 Å². The molecule has 0 amide bonds. The van der Waals surface area contributed by atoms with E-state index in [1.165, 1.54) is 6.07 Å². The second-order valence-electron chi connectivity index (χ2n) is 6.36. The molecule has 2 heterocycles. The van der Waals surface area contributed by atoms with E-state index in [0.717, 1.165) is 6.07 Å². The molecule has 2 aromatic rings. The minimum atomic E-state index is -0.987. The van der Waals surface area contributed by atoms with Crippen molar-refractivity contribution in [2.24, 2.45) is 5.73 Å². The fraction of sp³-hybridized carbons (Fsp3) is 0.263. The predicted molar refractivity (Wildman–Crippen MR) is 102 cm³/mol. The highest BCUT2D eigenvalue weighted by Crippen LogP contribution is 2.44. The molecule has 0 fully saturated rings. The number of benzene rings is 1. The van der Waals surface area contributed by atoms with Crippen LogP contribution in [0.2, 0.25) is 10.0 Å². The number of ether oxygens (including phenoxy) is 2. The summed E-state index contributed by atoms with van der Waals surface area (Å²) in [7, 11) is 0. The molecule has 0 radical (unpaired) electrons. The van der Waals surface area contributed by atoms with Gasteiger partial charge in [0.25, 0.3) is 0 Å². The monoisotopic (exact) mass is 425 g/mol. The first-order chi connectivity index (χ1) is 13.2. The van der Waals surface area contributed by atoms with Crippen LogP contribution in [0.4, 0.5) is 0 Å². The topological polar surface area (TPSA) is 112 Å². The summed E-state index contributed by atoms with van der Waals surface area (Å²) in [5, 5.41) is 10.0. The maximum Gasteiger partial charge on any atom is 0.340 e. The summed E-state index contributed by atoms with van der Waals surface area (Å²) >= 11 is 12.3. The van der Waals surface area contributed by atoms with Crippen molar-refractivity contribution in [1.82, 2.24) is 0 Å². The zero-order chi connectivity index (χ0) is 20.6. The number of aliphatic hydroxyl groups is 1. The second kappa shape index (κ2) is 7.87. The fourth-order valence-corrected chi connectivity index (χ4v) is 3.40. The third-order valence-corrected chi connectivity index (χ3v) is 4.56. The van der Waals surface area contributed by atoms with Crippen LogP contribution in [0.15, 0.2) is 44.9 Å². The molecule has 0 saturated carbocycles. The molecule has 1 aliphatic rings. The lowest BCUT2D eigenvalue weighted by Gasteiger charge is -2.28. The lowest BCUT2D eigenvalue weighted by Crippen LogP contribution is -2.31. The van der Waals surface area contributed by atoms with E-state index in [9.17, 15) is 14.7 Å². The van der Waals surface area contributed by atoms with Gasteiger partial charge in [-0.05, 0) is 31.5 Å². The van der Waals surface area contributed by atoms with Gasteiger partial charge in [0, 0.05) is 16.1 Å². The van der Waals surface area contributed by atoms with E-state index in [0.29, 0.717) is 10.6 Å². The molecule has 1 aromatic carbocycles. The first-order valence-corrected chi connectivity index (χ1v) is 9.09. The van der Waals surface area contributed by atoms with E-state index in [-0.39, 0.29) is 33.7 Å². The smallest absolute Gasteiger partial charge is 0.340 e. The average molecular weight is 426 g/mol. The molecular formula is C19H17Cl2NO6. The number of carbonyl (C=O) groups is 1. The molecule has 7 nitrogen and oxygen atoms in total. The minimum Gasteiger partial charge on any atom is -0.459 e. The van der Waals surface area contributed by atoms with Crippen LogP contribution in [0.5, 0.6) is 5.75 Å². The predicted octanol–water partition coefficient (Wildman–Crippen LogP) is 3.09. The van der Waals surface area contributed by atoms with Gasteiger partial charge in [0.1, 0.15) is 17.9 Å². The van der Waals surface area contributed by atoms with Gasteiger partial charge in [-0.15, -0.1) is 0 Å². The molecule has 0 unspecified atom stereocenters. The Labute approximate surface area is 170 Å². The van der Waals surface area contributed by atoms with Crippen molar-refractivity contribution in [1.29, 1.82) is 0 Å². The molecule has 0 saturated heterocycles. The molecule has 0 spiro atoms.